The Morgan fingerprint density at radius 3 is 2.23 bits per heavy atom. The van der Waals surface area contributed by atoms with Gasteiger partial charge < -0.3 is 10.2 Å². The summed E-state index contributed by atoms with van der Waals surface area (Å²) < 4.78 is 0. The Balaban J connectivity index is 1.83. The van der Waals surface area contributed by atoms with Gasteiger partial charge in [0.25, 0.3) is 5.69 Å². The van der Waals surface area contributed by atoms with Crippen LogP contribution in [0.5, 0.6) is 0 Å². The van der Waals surface area contributed by atoms with E-state index in [4.69, 9.17) is 0 Å². The lowest BCUT2D eigenvalue weighted by molar-refractivity contribution is -0.384. The van der Waals surface area contributed by atoms with Crippen LogP contribution in [0.3, 0.4) is 0 Å². The highest BCUT2D eigenvalue weighted by atomic mass is 32.2. The number of nitro benzene ring substituents is 1. The summed E-state index contributed by atoms with van der Waals surface area (Å²) in [5.74, 6) is -0.0641. The van der Waals surface area contributed by atoms with Crippen LogP contribution in [-0.4, -0.2) is 35.1 Å². The minimum absolute atomic E-state index is 0.0455. The molecule has 0 aliphatic heterocycles. The molecule has 1 amide bonds. The summed E-state index contributed by atoms with van der Waals surface area (Å²) in [6.45, 7) is 3.18. The van der Waals surface area contributed by atoms with Crippen molar-refractivity contribution in [3.05, 3.63) is 69.8 Å². The van der Waals surface area contributed by atoms with Crippen molar-refractivity contribution in [2.24, 2.45) is 0 Å². The number of thioether (sulfide) groups is 1. The van der Waals surface area contributed by atoms with Crippen molar-refractivity contribution in [1.82, 2.24) is 10.2 Å². The summed E-state index contributed by atoms with van der Waals surface area (Å²) in [7, 11) is 4.05. The Morgan fingerprint density at radius 2 is 1.69 bits per heavy atom. The summed E-state index contributed by atoms with van der Waals surface area (Å²) in [6, 6.07) is 14.4. The highest BCUT2D eigenvalue weighted by Gasteiger charge is 2.15. The molecule has 0 saturated heterocycles. The van der Waals surface area contributed by atoms with E-state index in [9.17, 15) is 14.9 Å². The molecule has 7 heteroatoms. The number of hydrogen-bond acceptors (Lipinski definition) is 5. The molecular formula is C19H23N3O3S. The molecule has 26 heavy (non-hydrogen) atoms. The molecule has 0 heterocycles. The third kappa shape index (κ3) is 6.16. The predicted molar refractivity (Wildman–Crippen MR) is 104 cm³/mol. The summed E-state index contributed by atoms with van der Waals surface area (Å²) in [6.07, 6.45) is 0. The second kappa shape index (κ2) is 9.35. The molecule has 0 unspecified atom stereocenters. The van der Waals surface area contributed by atoms with Gasteiger partial charge in [-0.25, -0.2) is 0 Å². The molecular weight excluding hydrogens is 350 g/mol. The smallest absolute Gasteiger partial charge is 0.269 e. The molecule has 0 spiro atoms. The Bertz CT molecular complexity index is 746. The van der Waals surface area contributed by atoms with E-state index in [2.05, 4.69) is 22.3 Å². The van der Waals surface area contributed by atoms with Crippen molar-refractivity contribution in [1.29, 1.82) is 0 Å². The third-order valence-corrected chi connectivity index (χ3v) is 4.83. The summed E-state index contributed by atoms with van der Waals surface area (Å²) in [4.78, 5) is 25.4. The lowest BCUT2D eigenvalue weighted by Crippen LogP contribution is -2.30. The number of nitrogens with zero attached hydrogens (tertiary/aromatic N) is 2. The summed E-state index contributed by atoms with van der Waals surface area (Å²) in [5, 5.41) is 13.3. The number of rotatable bonds is 8. The maximum atomic E-state index is 12.3. The molecule has 2 aromatic rings. The molecule has 2 rings (SSSR count). The van der Waals surface area contributed by atoms with Gasteiger partial charge in [0.1, 0.15) is 0 Å². The zero-order chi connectivity index (χ0) is 19.1. The van der Waals surface area contributed by atoms with Gasteiger partial charge in [-0.3, -0.25) is 14.9 Å². The van der Waals surface area contributed by atoms with Crippen LogP contribution in [-0.2, 0) is 17.9 Å². The minimum Gasteiger partial charge on any atom is -0.351 e. The zero-order valence-electron chi connectivity index (χ0n) is 15.1. The largest absolute Gasteiger partial charge is 0.351 e. The van der Waals surface area contributed by atoms with Gasteiger partial charge in [-0.15, -0.1) is 11.8 Å². The molecule has 0 fully saturated rings. The third-order valence-electron chi connectivity index (χ3n) is 3.72. The van der Waals surface area contributed by atoms with E-state index in [1.54, 1.807) is 12.1 Å². The average molecular weight is 373 g/mol. The minimum atomic E-state index is -0.436. The van der Waals surface area contributed by atoms with Gasteiger partial charge in [-0.2, -0.15) is 0 Å². The number of non-ortho nitro benzene ring substituents is 1. The monoisotopic (exact) mass is 373 g/mol. The molecule has 0 radical (unpaired) electrons. The number of nitro groups is 1. The van der Waals surface area contributed by atoms with Gasteiger partial charge >= 0.3 is 0 Å². The fourth-order valence-corrected chi connectivity index (χ4v) is 3.26. The maximum absolute atomic E-state index is 12.3. The highest BCUT2D eigenvalue weighted by Crippen LogP contribution is 2.25. The second-order valence-electron chi connectivity index (χ2n) is 6.28. The number of benzene rings is 2. The fourth-order valence-electron chi connectivity index (χ4n) is 2.36. The maximum Gasteiger partial charge on any atom is 0.269 e. The van der Waals surface area contributed by atoms with E-state index in [0.717, 1.165) is 17.0 Å². The van der Waals surface area contributed by atoms with Crippen LogP contribution in [0.1, 0.15) is 18.1 Å². The molecule has 0 bridgehead atoms. The van der Waals surface area contributed by atoms with Gasteiger partial charge in [-0.1, -0.05) is 24.3 Å². The van der Waals surface area contributed by atoms with Crippen molar-refractivity contribution in [2.75, 3.05) is 14.1 Å². The molecule has 0 aliphatic carbocycles. The van der Waals surface area contributed by atoms with E-state index in [-0.39, 0.29) is 16.8 Å². The van der Waals surface area contributed by atoms with Gasteiger partial charge in [-0.05, 0) is 44.3 Å². The van der Waals surface area contributed by atoms with E-state index < -0.39 is 4.92 Å². The first-order valence-corrected chi connectivity index (χ1v) is 9.14. The Kier molecular flexibility index (Phi) is 7.17. The lowest BCUT2D eigenvalue weighted by atomic mass is 10.1. The van der Waals surface area contributed by atoms with Crippen LogP contribution in [0.25, 0.3) is 0 Å². The van der Waals surface area contributed by atoms with Crippen molar-refractivity contribution in [3.8, 4) is 0 Å². The molecule has 1 atom stereocenters. The van der Waals surface area contributed by atoms with Crippen LogP contribution in [0.4, 0.5) is 5.69 Å². The first-order chi connectivity index (χ1) is 12.3. The summed E-state index contributed by atoms with van der Waals surface area (Å²) in [5.41, 5.74) is 2.32. The summed E-state index contributed by atoms with van der Waals surface area (Å²) >= 11 is 1.38. The van der Waals surface area contributed by atoms with E-state index in [0.29, 0.717) is 6.54 Å². The van der Waals surface area contributed by atoms with Crippen molar-refractivity contribution in [3.63, 3.8) is 0 Å². The topological polar surface area (TPSA) is 75.5 Å². The van der Waals surface area contributed by atoms with Crippen LogP contribution >= 0.6 is 11.8 Å². The molecule has 0 saturated carbocycles. The lowest BCUT2D eigenvalue weighted by Gasteiger charge is -2.13. The van der Waals surface area contributed by atoms with E-state index in [1.165, 1.54) is 29.5 Å². The molecule has 0 aliphatic rings. The average Bonchev–Trinajstić information content (AvgIpc) is 2.60. The number of nitrogens with one attached hydrogen (secondary N) is 1. The van der Waals surface area contributed by atoms with Crippen molar-refractivity contribution in [2.45, 2.75) is 30.2 Å². The number of carbonyl (C=O) groups is 1. The normalized spacial score (nSPS) is 12.0. The SMILES string of the molecule is C[C@H](Sc1ccc([N+](=O)[O-])cc1)C(=O)NCc1ccc(CN(C)C)cc1. The number of carbonyl (C=O) groups excluding carboxylic acids is 1. The van der Waals surface area contributed by atoms with Crippen LogP contribution in [0, 0.1) is 10.1 Å². The Morgan fingerprint density at radius 1 is 1.12 bits per heavy atom. The molecule has 1 N–H and O–H groups in total. The standard InChI is InChI=1S/C19H23N3O3S/c1-14(26-18-10-8-17(9-11-18)22(24)25)19(23)20-12-15-4-6-16(7-5-15)13-21(2)3/h4-11,14H,12-13H2,1-3H3,(H,20,23)/t14-/m0/s1. The number of hydrogen-bond donors (Lipinski definition) is 1. The first kappa shape index (κ1) is 19.9. The predicted octanol–water partition coefficient (Wildman–Crippen LogP) is 3.45. The van der Waals surface area contributed by atoms with Crippen LogP contribution < -0.4 is 5.32 Å². The Labute approximate surface area is 157 Å². The second-order valence-corrected chi connectivity index (χ2v) is 7.70. The van der Waals surface area contributed by atoms with Gasteiger partial charge in [0.15, 0.2) is 0 Å². The van der Waals surface area contributed by atoms with Crippen LogP contribution in [0.15, 0.2) is 53.4 Å². The van der Waals surface area contributed by atoms with Crippen molar-refractivity contribution < 1.29 is 9.72 Å². The van der Waals surface area contributed by atoms with Crippen molar-refractivity contribution >= 4 is 23.4 Å². The Hall–Kier alpha value is -2.38. The molecule has 0 aromatic heterocycles. The van der Waals surface area contributed by atoms with Gasteiger partial charge in [0, 0.05) is 30.1 Å². The zero-order valence-corrected chi connectivity index (χ0v) is 16.0. The highest BCUT2D eigenvalue weighted by molar-refractivity contribution is 8.00. The van der Waals surface area contributed by atoms with E-state index in [1.807, 2.05) is 33.2 Å². The fraction of sp³-hybridized carbons (Fsp3) is 0.316. The number of amides is 1. The van der Waals surface area contributed by atoms with Crippen LogP contribution in [0.2, 0.25) is 0 Å². The molecule has 138 valence electrons. The molecule has 2 aromatic carbocycles. The van der Waals surface area contributed by atoms with E-state index >= 15 is 0 Å². The van der Waals surface area contributed by atoms with Gasteiger partial charge in [0.2, 0.25) is 5.91 Å². The van der Waals surface area contributed by atoms with Gasteiger partial charge in [0.05, 0.1) is 10.2 Å². The quantitative estimate of drug-likeness (QED) is 0.436. The first-order valence-electron chi connectivity index (χ1n) is 8.26. The molecule has 6 nitrogen and oxygen atoms in total.